The van der Waals surface area contributed by atoms with E-state index < -0.39 is 5.97 Å². The quantitative estimate of drug-likeness (QED) is 0.533. The zero-order valence-electron chi connectivity index (χ0n) is 14.5. The number of hydrogen-bond acceptors (Lipinski definition) is 5. The van der Waals surface area contributed by atoms with Gasteiger partial charge in [-0.1, -0.05) is 6.07 Å². The van der Waals surface area contributed by atoms with Crippen molar-refractivity contribution < 1.29 is 19.8 Å². The number of phenols is 1. The van der Waals surface area contributed by atoms with Crippen molar-refractivity contribution in [3.05, 3.63) is 61.4 Å². The SMILES string of the molecule is CCN1C(=O)/C(=C/c2cc(Br)c(O)c(Br)c2)SC1=Nc1cccc(C(=O)O)c1. The molecule has 0 radical (unpaired) electrons. The van der Waals surface area contributed by atoms with E-state index >= 15 is 0 Å². The van der Waals surface area contributed by atoms with Gasteiger partial charge in [-0.2, -0.15) is 0 Å². The molecule has 1 aliphatic heterocycles. The smallest absolute Gasteiger partial charge is 0.335 e. The molecule has 2 N–H and O–H groups in total. The predicted octanol–water partition coefficient (Wildman–Crippen LogP) is 5.24. The molecule has 0 saturated carbocycles. The molecule has 9 heteroatoms. The lowest BCUT2D eigenvalue weighted by Crippen LogP contribution is -2.28. The van der Waals surface area contributed by atoms with Gasteiger partial charge in [0.05, 0.1) is 25.1 Å². The van der Waals surface area contributed by atoms with Crippen molar-refractivity contribution in [1.82, 2.24) is 4.90 Å². The summed E-state index contributed by atoms with van der Waals surface area (Å²) >= 11 is 7.77. The molecular weight excluding hydrogens is 512 g/mol. The number of aromatic carboxylic acids is 1. The Morgan fingerprint density at radius 3 is 2.54 bits per heavy atom. The molecule has 6 nitrogen and oxygen atoms in total. The van der Waals surface area contributed by atoms with E-state index in [1.54, 1.807) is 30.3 Å². The van der Waals surface area contributed by atoms with Gasteiger partial charge in [0.1, 0.15) is 5.75 Å². The van der Waals surface area contributed by atoms with Gasteiger partial charge in [0.15, 0.2) is 5.17 Å². The van der Waals surface area contributed by atoms with Crippen molar-refractivity contribution >= 4 is 72.4 Å². The number of carboxylic acids is 1. The van der Waals surface area contributed by atoms with E-state index in [0.29, 0.717) is 31.3 Å². The normalized spacial score (nSPS) is 17.0. The van der Waals surface area contributed by atoms with Crippen LogP contribution in [-0.4, -0.2) is 38.7 Å². The van der Waals surface area contributed by atoms with Crippen molar-refractivity contribution in [1.29, 1.82) is 0 Å². The first kappa shape index (κ1) is 20.6. The van der Waals surface area contributed by atoms with Crippen LogP contribution in [-0.2, 0) is 4.79 Å². The van der Waals surface area contributed by atoms with Crippen molar-refractivity contribution in [3.63, 3.8) is 0 Å². The second-order valence-electron chi connectivity index (χ2n) is 5.74. The summed E-state index contributed by atoms with van der Waals surface area (Å²) in [5, 5.41) is 19.4. The number of carbonyl (C=O) groups is 2. The molecule has 1 amide bonds. The number of aromatic hydroxyl groups is 1. The molecule has 0 atom stereocenters. The van der Waals surface area contributed by atoms with Crippen molar-refractivity contribution in [2.45, 2.75) is 6.92 Å². The molecule has 0 aromatic heterocycles. The van der Waals surface area contributed by atoms with Crippen LogP contribution in [0.1, 0.15) is 22.8 Å². The number of halogens is 2. The maximum Gasteiger partial charge on any atom is 0.335 e. The fourth-order valence-electron chi connectivity index (χ4n) is 2.51. The van der Waals surface area contributed by atoms with E-state index in [0.717, 1.165) is 5.56 Å². The van der Waals surface area contributed by atoms with E-state index in [4.69, 9.17) is 5.11 Å². The first-order valence-corrected chi connectivity index (χ1v) is 10.5. The molecule has 0 spiro atoms. The third kappa shape index (κ3) is 4.31. The van der Waals surface area contributed by atoms with Gasteiger partial charge in [-0.3, -0.25) is 9.69 Å². The lowest BCUT2D eigenvalue weighted by Gasteiger charge is -2.12. The summed E-state index contributed by atoms with van der Waals surface area (Å²) in [5.74, 6) is -1.13. The summed E-state index contributed by atoms with van der Waals surface area (Å²) in [5.41, 5.74) is 1.33. The van der Waals surface area contributed by atoms with E-state index in [1.807, 2.05) is 6.92 Å². The number of benzene rings is 2. The Balaban J connectivity index is 1.97. The fraction of sp³-hybridized carbons (Fsp3) is 0.105. The molecule has 0 bridgehead atoms. The highest BCUT2D eigenvalue weighted by atomic mass is 79.9. The van der Waals surface area contributed by atoms with Crippen molar-refractivity contribution in [3.8, 4) is 5.75 Å². The van der Waals surface area contributed by atoms with Gasteiger partial charge in [-0.25, -0.2) is 9.79 Å². The summed E-state index contributed by atoms with van der Waals surface area (Å²) < 4.78 is 1.02. The Hall–Kier alpha value is -2.10. The van der Waals surface area contributed by atoms with Crippen LogP contribution >= 0.6 is 43.6 Å². The molecule has 28 heavy (non-hydrogen) atoms. The van der Waals surface area contributed by atoms with Crippen LogP contribution in [0.15, 0.2) is 55.2 Å². The number of aliphatic imine (C=N–C) groups is 1. The lowest BCUT2D eigenvalue weighted by atomic mass is 10.2. The Morgan fingerprint density at radius 2 is 1.93 bits per heavy atom. The summed E-state index contributed by atoms with van der Waals surface area (Å²) in [4.78, 5) is 30.4. The van der Waals surface area contributed by atoms with Crippen LogP contribution in [0.2, 0.25) is 0 Å². The summed E-state index contributed by atoms with van der Waals surface area (Å²) in [6.45, 7) is 2.28. The standard InChI is InChI=1S/C19H14Br2N2O4S/c1-2-23-17(25)15(8-10-6-13(20)16(24)14(21)7-10)28-19(23)22-12-5-3-4-11(9-12)18(26)27/h3-9,24H,2H2,1H3,(H,26,27)/b15-8-,22-19?. The average Bonchev–Trinajstić information content (AvgIpc) is 2.94. The minimum atomic E-state index is -1.03. The highest BCUT2D eigenvalue weighted by Crippen LogP contribution is 2.37. The van der Waals surface area contributed by atoms with Gasteiger partial charge in [0.25, 0.3) is 5.91 Å². The predicted molar refractivity (Wildman–Crippen MR) is 117 cm³/mol. The van der Waals surface area contributed by atoms with Crippen LogP contribution in [0.3, 0.4) is 0 Å². The lowest BCUT2D eigenvalue weighted by molar-refractivity contribution is -0.122. The molecule has 0 aliphatic carbocycles. The van der Waals surface area contributed by atoms with Crippen LogP contribution in [0.25, 0.3) is 6.08 Å². The van der Waals surface area contributed by atoms with Crippen molar-refractivity contribution in [2.24, 2.45) is 4.99 Å². The number of phenolic OH excluding ortho intramolecular Hbond substituents is 1. The first-order valence-electron chi connectivity index (χ1n) is 8.11. The Labute approximate surface area is 182 Å². The zero-order valence-corrected chi connectivity index (χ0v) is 18.5. The molecule has 3 rings (SSSR count). The minimum absolute atomic E-state index is 0.0864. The Bertz CT molecular complexity index is 1010. The van der Waals surface area contributed by atoms with E-state index in [2.05, 4.69) is 36.9 Å². The Kier molecular flexibility index (Phi) is 6.26. The number of amides is 1. The number of likely N-dealkylation sites (N-methyl/N-ethyl adjacent to an activating group) is 1. The van der Waals surface area contributed by atoms with E-state index in [-0.39, 0.29) is 17.2 Å². The van der Waals surface area contributed by atoms with Crippen LogP contribution < -0.4 is 0 Å². The third-order valence-corrected chi connectivity index (χ3v) is 6.07. The molecule has 2 aromatic carbocycles. The van der Waals surface area contributed by atoms with E-state index in [9.17, 15) is 14.7 Å². The van der Waals surface area contributed by atoms with Gasteiger partial charge in [0.2, 0.25) is 0 Å². The maximum atomic E-state index is 12.7. The minimum Gasteiger partial charge on any atom is -0.506 e. The monoisotopic (exact) mass is 524 g/mol. The molecule has 144 valence electrons. The second-order valence-corrected chi connectivity index (χ2v) is 8.46. The van der Waals surface area contributed by atoms with Crippen molar-refractivity contribution in [2.75, 3.05) is 6.54 Å². The topological polar surface area (TPSA) is 90.2 Å². The number of carboxylic acid groups (broad SMARTS) is 1. The highest BCUT2D eigenvalue weighted by Gasteiger charge is 2.32. The second kappa shape index (κ2) is 8.50. The summed E-state index contributed by atoms with van der Waals surface area (Å²) in [6.07, 6.45) is 1.72. The molecule has 1 fully saturated rings. The number of hydrogen-bond donors (Lipinski definition) is 2. The average molecular weight is 526 g/mol. The number of carbonyl (C=O) groups excluding carboxylic acids is 1. The third-order valence-electron chi connectivity index (χ3n) is 3.86. The molecule has 1 heterocycles. The number of thioether (sulfide) groups is 1. The van der Waals surface area contributed by atoms with Gasteiger partial charge in [-0.15, -0.1) is 0 Å². The molecule has 2 aromatic rings. The van der Waals surface area contributed by atoms with Gasteiger partial charge >= 0.3 is 5.97 Å². The van der Waals surface area contributed by atoms with Crippen LogP contribution in [0.5, 0.6) is 5.75 Å². The summed E-state index contributed by atoms with van der Waals surface area (Å²) in [6, 6.07) is 9.68. The number of amidine groups is 1. The van der Waals surface area contributed by atoms with E-state index in [1.165, 1.54) is 28.8 Å². The zero-order chi connectivity index (χ0) is 20.4. The first-order chi connectivity index (χ1) is 13.3. The molecule has 0 unspecified atom stereocenters. The van der Waals surface area contributed by atoms with Gasteiger partial charge in [-0.05, 0) is 92.5 Å². The number of nitrogens with zero attached hydrogens (tertiary/aromatic N) is 2. The highest BCUT2D eigenvalue weighted by molar-refractivity contribution is 9.11. The van der Waals surface area contributed by atoms with Crippen LogP contribution in [0, 0.1) is 0 Å². The largest absolute Gasteiger partial charge is 0.506 e. The number of rotatable bonds is 4. The van der Waals surface area contributed by atoms with Gasteiger partial charge in [0, 0.05) is 6.54 Å². The molecular formula is C19H14Br2N2O4S. The Morgan fingerprint density at radius 1 is 1.25 bits per heavy atom. The fourth-order valence-corrected chi connectivity index (χ4v) is 4.79. The molecule has 1 aliphatic rings. The molecule has 1 saturated heterocycles. The summed E-state index contributed by atoms with van der Waals surface area (Å²) in [7, 11) is 0. The van der Waals surface area contributed by atoms with Gasteiger partial charge < -0.3 is 10.2 Å². The maximum absolute atomic E-state index is 12.7. The van der Waals surface area contributed by atoms with Crippen LogP contribution in [0.4, 0.5) is 5.69 Å².